The van der Waals surface area contributed by atoms with E-state index in [9.17, 15) is 9.18 Å². The fourth-order valence-electron chi connectivity index (χ4n) is 3.74. The summed E-state index contributed by atoms with van der Waals surface area (Å²) in [7, 11) is 0. The van der Waals surface area contributed by atoms with Gasteiger partial charge in [-0.15, -0.1) is 0 Å². The van der Waals surface area contributed by atoms with Gasteiger partial charge in [-0.3, -0.25) is 4.79 Å². The first-order valence-electron chi connectivity index (χ1n) is 10.1. The first-order valence-corrected chi connectivity index (χ1v) is 10.1. The lowest BCUT2D eigenvalue weighted by atomic mass is 9.83. The molecule has 1 amide bonds. The van der Waals surface area contributed by atoms with Gasteiger partial charge >= 0.3 is 0 Å². The van der Waals surface area contributed by atoms with Crippen molar-refractivity contribution in [2.45, 2.75) is 40.5 Å². The maximum atomic E-state index is 14.6. The molecule has 1 aliphatic heterocycles. The molecular formula is C25H29FN2O. The van der Waals surface area contributed by atoms with Gasteiger partial charge in [0, 0.05) is 35.2 Å². The summed E-state index contributed by atoms with van der Waals surface area (Å²) in [5, 5.41) is 6.19. The largest absolute Gasteiger partial charge is 0.362 e. The summed E-state index contributed by atoms with van der Waals surface area (Å²) >= 11 is 0. The van der Waals surface area contributed by atoms with Gasteiger partial charge in [-0.2, -0.15) is 0 Å². The molecule has 0 aromatic heterocycles. The average Bonchev–Trinajstić information content (AvgIpc) is 3.51. The Morgan fingerprint density at radius 3 is 2.72 bits per heavy atom. The minimum Gasteiger partial charge on any atom is -0.362 e. The fraction of sp³-hybridized carbons (Fsp3) is 0.320. The van der Waals surface area contributed by atoms with E-state index >= 15 is 0 Å². The van der Waals surface area contributed by atoms with E-state index in [-0.39, 0.29) is 11.7 Å². The van der Waals surface area contributed by atoms with E-state index in [0.717, 1.165) is 27.8 Å². The quantitative estimate of drug-likeness (QED) is 0.642. The lowest BCUT2D eigenvalue weighted by molar-refractivity contribution is -0.117. The van der Waals surface area contributed by atoms with Gasteiger partial charge in [-0.05, 0) is 80.9 Å². The molecule has 1 heterocycles. The standard InChI is InChI=1S/C25H29FN2O/c1-6-8-20-16(3)23(15(2)13-22(20)26)24(21-9-7-12-27-18(21)5)17(4)25(29)28-14-19-10-11-19/h6-9,12-13,19,27H,5,10-11,14H2,1-4H3,(H,28,29)/b8-6-,24-17+. The Labute approximate surface area is 172 Å². The molecule has 1 aliphatic carbocycles. The van der Waals surface area contributed by atoms with Crippen LogP contribution in [0.3, 0.4) is 0 Å². The van der Waals surface area contributed by atoms with Crippen molar-refractivity contribution in [3.63, 3.8) is 0 Å². The van der Waals surface area contributed by atoms with E-state index in [1.165, 1.54) is 12.8 Å². The van der Waals surface area contributed by atoms with Crippen LogP contribution in [0.25, 0.3) is 11.6 Å². The highest BCUT2D eigenvalue weighted by Crippen LogP contribution is 2.38. The molecule has 1 aromatic rings. The maximum Gasteiger partial charge on any atom is 0.247 e. The second-order valence-electron chi connectivity index (χ2n) is 7.80. The third kappa shape index (κ3) is 4.42. The highest BCUT2D eigenvalue weighted by Gasteiger charge is 2.26. The maximum absolute atomic E-state index is 14.6. The molecule has 0 atom stereocenters. The van der Waals surface area contributed by atoms with Crippen LogP contribution in [0.15, 0.2) is 53.9 Å². The summed E-state index contributed by atoms with van der Waals surface area (Å²) < 4.78 is 14.6. The summed E-state index contributed by atoms with van der Waals surface area (Å²) in [6.07, 6.45) is 11.6. The second kappa shape index (κ2) is 8.64. The molecule has 3 nitrogen and oxygen atoms in total. The molecule has 1 saturated carbocycles. The number of benzene rings is 1. The van der Waals surface area contributed by atoms with Crippen LogP contribution in [0.1, 0.15) is 48.9 Å². The zero-order valence-electron chi connectivity index (χ0n) is 17.7. The minimum atomic E-state index is -0.258. The monoisotopic (exact) mass is 392 g/mol. The van der Waals surface area contributed by atoms with E-state index in [0.29, 0.717) is 29.3 Å². The van der Waals surface area contributed by atoms with Crippen molar-refractivity contribution in [2.24, 2.45) is 5.92 Å². The Hall–Kier alpha value is -2.88. The average molecular weight is 393 g/mol. The van der Waals surface area contributed by atoms with Gasteiger partial charge in [0.05, 0.1) is 0 Å². The van der Waals surface area contributed by atoms with Crippen LogP contribution in [0.5, 0.6) is 0 Å². The number of aryl methyl sites for hydroxylation is 1. The summed E-state index contributed by atoms with van der Waals surface area (Å²) in [5.41, 5.74) is 5.99. The van der Waals surface area contributed by atoms with Gasteiger partial charge in [0.1, 0.15) is 5.82 Å². The van der Waals surface area contributed by atoms with Gasteiger partial charge < -0.3 is 10.6 Å². The SMILES string of the molecule is C=C1NC=CC=C1/C(=C(/C)C(=O)NCC1CC1)c1c(C)cc(F)c(/C=C\C)c1C. The highest BCUT2D eigenvalue weighted by atomic mass is 19.1. The predicted molar refractivity (Wildman–Crippen MR) is 118 cm³/mol. The van der Waals surface area contributed by atoms with Gasteiger partial charge in [-0.1, -0.05) is 24.8 Å². The molecule has 2 N–H and O–H groups in total. The fourth-order valence-corrected chi connectivity index (χ4v) is 3.74. The molecule has 2 aliphatic rings. The zero-order chi connectivity index (χ0) is 21.1. The lowest BCUT2D eigenvalue weighted by Gasteiger charge is -2.24. The molecule has 29 heavy (non-hydrogen) atoms. The van der Waals surface area contributed by atoms with Crippen LogP contribution in [-0.4, -0.2) is 12.5 Å². The number of dihydropyridines is 1. The van der Waals surface area contributed by atoms with Crippen molar-refractivity contribution in [1.29, 1.82) is 0 Å². The number of halogens is 1. The smallest absolute Gasteiger partial charge is 0.247 e. The first-order chi connectivity index (χ1) is 13.8. The highest BCUT2D eigenvalue weighted by molar-refractivity contribution is 6.06. The number of amides is 1. The van der Waals surface area contributed by atoms with Crippen molar-refractivity contribution in [1.82, 2.24) is 10.6 Å². The molecule has 0 spiro atoms. The Balaban J connectivity index is 2.21. The number of hydrogen-bond acceptors (Lipinski definition) is 2. The first kappa shape index (κ1) is 20.8. The Morgan fingerprint density at radius 1 is 1.38 bits per heavy atom. The molecule has 1 aromatic carbocycles. The molecular weight excluding hydrogens is 363 g/mol. The van der Waals surface area contributed by atoms with E-state index in [1.807, 2.05) is 52.1 Å². The van der Waals surface area contributed by atoms with Crippen LogP contribution in [-0.2, 0) is 4.79 Å². The zero-order valence-corrected chi connectivity index (χ0v) is 17.7. The summed E-state index contributed by atoms with van der Waals surface area (Å²) in [4.78, 5) is 13.0. The second-order valence-corrected chi connectivity index (χ2v) is 7.80. The Kier molecular flexibility index (Phi) is 6.21. The van der Waals surface area contributed by atoms with Crippen molar-refractivity contribution >= 4 is 17.6 Å². The van der Waals surface area contributed by atoms with Crippen LogP contribution in [0.4, 0.5) is 4.39 Å². The molecule has 0 bridgehead atoms. The van der Waals surface area contributed by atoms with Crippen molar-refractivity contribution in [3.8, 4) is 0 Å². The van der Waals surface area contributed by atoms with Gasteiger partial charge in [0.15, 0.2) is 0 Å². The third-order valence-corrected chi connectivity index (χ3v) is 5.53. The third-order valence-electron chi connectivity index (χ3n) is 5.53. The number of hydrogen-bond donors (Lipinski definition) is 2. The number of carbonyl (C=O) groups excluding carboxylic acids is 1. The van der Waals surface area contributed by atoms with Crippen molar-refractivity contribution < 1.29 is 9.18 Å². The van der Waals surface area contributed by atoms with Crippen LogP contribution >= 0.6 is 0 Å². The molecule has 152 valence electrons. The van der Waals surface area contributed by atoms with Crippen molar-refractivity contribution in [3.05, 3.63) is 82.0 Å². The normalized spacial score (nSPS) is 17.1. The summed E-state index contributed by atoms with van der Waals surface area (Å²) in [6.45, 7) is 12.3. The molecule has 4 heteroatoms. The minimum absolute atomic E-state index is 0.0918. The Bertz CT molecular complexity index is 975. The van der Waals surface area contributed by atoms with Crippen LogP contribution in [0.2, 0.25) is 0 Å². The Morgan fingerprint density at radius 2 is 2.10 bits per heavy atom. The summed E-state index contributed by atoms with van der Waals surface area (Å²) in [5.74, 6) is 0.247. The van der Waals surface area contributed by atoms with E-state index in [2.05, 4.69) is 17.2 Å². The molecule has 0 saturated heterocycles. The van der Waals surface area contributed by atoms with Gasteiger partial charge in [-0.25, -0.2) is 4.39 Å². The topological polar surface area (TPSA) is 41.1 Å². The van der Waals surface area contributed by atoms with E-state index < -0.39 is 0 Å². The predicted octanol–water partition coefficient (Wildman–Crippen LogP) is 5.33. The van der Waals surface area contributed by atoms with Gasteiger partial charge in [0.25, 0.3) is 0 Å². The van der Waals surface area contributed by atoms with Gasteiger partial charge in [0.2, 0.25) is 5.91 Å². The molecule has 3 rings (SSSR count). The van der Waals surface area contributed by atoms with E-state index in [1.54, 1.807) is 12.1 Å². The number of carbonyl (C=O) groups is 1. The van der Waals surface area contributed by atoms with E-state index in [4.69, 9.17) is 0 Å². The van der Waals surface area contributed by atoms with Crippen molar-refractivity contribution in [2.75, 3.05) is 6.54 Å². The number of nitrogens with one attached hydrogen (secondary N) is 2. The molecule has 0 radical (unpaired) electrons. The lowest BCUT2D eigenvalue weighted by Crippen LogP contribution is -2.27. The molecule has 0 unspecified atom stereocenters. The summed E-state index contributed by atoms with van der Waals surface area (Å²) in [6, 6.07) is 1.54. The number of rotatable bonds is 6. The van der Waals surface area contributed by atoms with Crippen LogP contribution < -0.4 is 10.6 Å². The number of allylic oxidation sites excluding steroid dienone is 4. The molecule has 1 fully saturated rings. The van der Waals surface area contributed by atoms with Crippen LogP contribution in [0, 0.1) is 25.6 Å².